The molecule has 0 bridgehead atoms. The maximum atomic E-state index is 13.1. The molecule has 1 aromatic carbocycles. The van der Waals surface area contributed by atoms with Crippen molar-refractivity contribution < 1.29 is 23.7 Å². The molecule has 0 aliphatic carbocycles. The molecule has 1 heterocycles. The quantitative estimate of drug-likeness (QED) is 0.362. The van der Waals surface area contributed by atoms with E-state index in [0.29, 0.717) is 11.2 Å². The molecule has 0 fully saturated rings. The Hall–Kier alpha value is -1.86. The first-order valence-electron chi connectivity index (χ1n) is 8.05. The summed E-state index contributed by atoms with van der Waals surface area (Å²) in [5, 5.41) is 6.27. The average Bonchev–Trinajstić information content (AvgIpc) is 3.00. The van der Waals surface area contributed by atoms with Crippen LogP contribution in [-0.4, -0.2) is 37.7 Å². The van der Waals surface area contributed by atoms with Crippen LogP contribution in [0.5, 0.6) is 0 Å². The minimum Gasteiger partial charge on any atom is -0.462 e. The zero-order valence-electron chi connectivity index (χ0n) is 14.6. The Kier molecular flexibility index (Phi) is 7.23. The van der Waals surface area contributed by atoms with Crippen LogP contribution in [0.1, 0.15) is 29.1 Å². The van der Waals surface area contributed by atoms with Crippen LogP contribution in [0, 0.1) is 0 Å². The second-order valence-corrected chi connectivity index (χ2v) is 9.48. The van der Waals surface area contributed by atoms with Gasteiger partial charge in [-0.2, -0.15) is 0 Å². The van der Waals surface area contributed by atoms with Crippen molar-refractivity contribution in [3.8, 4) is 0 Å². The van der Waals surface area contributed by atoms with E-state index in [0.717, 1.165) is 21.9 Å². The molecule has 2 N–H and O–H groups in total. The number of fused-ring (bicyclic) bond motifs is 1. The summed E-state index contributed by atoms with van der Waals surface area (Å²) in [6, 6.07) is 7.30. The zero-order valence-corrected chi connectivity index (χ0v) is 16.3. The van der Waals surface area contributed by atoms with Gasteiger partial charge in [0, 0.05) is 4.70 Å². The van der Waals surface area contributed by atoms with Gasteiger partial charge in [-0.15, -0.1) is 11.3 Å². The molecule has 2 rings (SSSR count). The Labute approximate surface area is 155 Å². The lowest BCUT2D eigenvalue weighted by Crippen LogP contribution is -2.31. The molecular weight excluding hydrogens is 375 g/mol. The van der Waals surface area contributed by atoms with Gasteiger partial charge in [0.1, 0.15) is 12.8 Å². The smallest absolute Gasteiger partial charge is 0.320 e. The highest BCUT2D eigenvalue weighted by atomic mass is 32.1. The number of hydrogen-bond donors (Lipinski definition) is 2. The van der Waals surface area contributed by atoms with Gasteiger partial charge in [0.25, 0.3) is 0 Å². The van der Waals surface area contributed by atoms with Crippen molar-refractivity contribution in [3.05, 3.63) is 34.7 Å². The number of nitrogens with one attached hydrogen (secondary N) is 2. The molecule has 0 saturated carbocycles. The molecule has 1 atom stereocenters. The van der Waals surface area contributed by atoms with E-state index in [4.69, 9.17) is 4.74 Å². The van der Waals surface area contributed by atoms with Crippen molar-refractivity contribution >= 4 is 47.4 Å². The minimum atomic E-state index is -3.23. The normalized spacial score (nSPS) is 13.5. The summed E-state index contributed by atoms with van der Waals surface area (Å²) in [6.45, 7) is 3.13. The molecule has 7 nitrogen and oxygen atoms in total. The first kappa shape index (κ1) is 20.5. The Morgan fingerprint density at radius 1 is 1.27 bits per heavy atom. The Morgan fingerprint density at radius 3 is 2.69 bits per heavy atom. The fourth-order valence-corrected chi connectivity index (χ4v) is 5.04. The van der Waals surface area contributed by atoms with Gasteiger partial charge < -0.3 is 9.53 Å². The van der Waals surface area contributed by atoms with Crippen LogP contribution in [0.4, 0.5) is 0 Å². The number of carbonyl (C=O) groups is 3. The van der Waals surface area contributed by atoms with Gasteiger partial charge in [-0.3, -0.25) is 14.2 Å². The first-order valence-corrected chi connectivity index (χ1v) is 10.8. The van der Waals surface area contributed by atoms with Crippen LogP contribution >= 0.6 is 18.8 Å². The fourth-order valence-electron chi connectivity index (χ4n) is 2.38. The number of carbonyl (C=O) groups excluding carboxylic acids is 3. The summed E-state index contributed by atoms with van der Waals surface area (Å²) in [4.78, 5) is 33.9. The Balaban J connectivity index is 2.15. The molecular formula is C17H21N2O5PS. The van der Waals surface area contributed by atoms with Gasteiger partial charge in [0.2, 0.25) is 7.44 Å². The zero-order chi connectivity index (χ0) is 19.2. The lowest BCUT2D eigenvalue weighted by molar-refractivity contribution is -0.145. The third kappa shape index (κ3) is 5.85. The molecule has 1 aromatic heterocycles. The Morgan fingerprint density at radius 2 is 2.04 bits per heavy atom. The molecule has 0 aliphatic heterocycles. The third-order valence-electron chi connectivity index (χ3n) is 3.40. The third-order valence-corrected chi connectivity index (χ3v) is 6.61. The van der Waals surface area contributed by atoms with Gasteiger partial charge in [-0.1, -0.05) is 6.07 Å². The molecule has 2 aromatic rings. The molecule has 0 aliphatic rings. The number of hydrogen-bond acceptors (Lipinski definition) is 6. The van der Waals surface area contributed by atoms with E-state index in [-0.39, 0.29) is 25.4 Å². The number of benzene rings is 1. The van der Waals surface area contributed by atoms with E-state index >= 15 is 0 Å². The van der Waals surface area contributed by atoms with Crippen LogP contribution in [0.2, 0.25) is 0 Å². The lowest BCUT2D eigenvalue weighted by atomic mass is 10.2. The van der Waals surface area contributed by atoms with E-state index < -0.39 is 13.4 Å². The number of rotatable bonds is 10. The largest absolute Gasteiger partial charge is 0.462 e. The first-order chi connectivity index (χ1) is 12.3. The highest BCUT2D eigenvalue weighted by Crippen LogP contribution is 2.40. The van der Waals surface area contributed by atoms with E-state index in [1.807, 2.05) is 18.2 Å². The molecule has 0 spiro atoms. The summed E-state index contributed by atoms with van der Waals surface area (Å²) in [6.07, 6.45) is 1.25. The lowest BCUT2D eigenvalue weighted by Gasteiger charge is -2.20. The summed E-state index contributed by atoms with van der Waals surface area (Å²) in [7, 11) is -3.23. The maximum Gasteiger partial charge on any atom is 0.320 e. The highest BCUT2D eigenvalue weighted by molar-refractivity contribution is 7.59. The monoisotopic (exact) mass is 396 g/mol. The molecule has 0 amide bonds. The summed E-state index contributed by atoms with van der Waals surface area (Å²) >= 11 is 1.38. The van der Waals surface area contributed by atoms with Crippen LogP contribution in [0.3, 0.4) is 0 Å². The Bertz CT molecular complexity index is 849. The maximum absolute atomic E-state index is 13.1. The summed E-state index contributed by atoms with van der Waals surface area (Å²) in [5.41, 5.74) is 0.763. The predicted molar refractivity (Wildman–Crippen MR) is 102 cm³/mol. The standard InChI is InChI=1S/C17H21N2O5PS/c1-12(2)24-17(22)9-19-25(23,18-5-6-20)11-13-3-4-16-14(7-13)8-15(10-21)26-16/h3-4,6-8,10,12H,5,9,11H2,1-2H3,(H2,18,19,23). The van der Waals surface area contributed by atoms with Gasteiger partial charge >= 0.3 is 5.97 Å². The van der Waals surface area contributed by atoms with E-state index in [1.165, 1.54) is 11.3 Å². The highest BCUT2D eigenvalue weighted by Gasteiger charge is 2.23. The van der Waals surface area contributed by atoms with Crippen molar-refractivity contribution in [2.45, 2.75) is 26.1 Å². The van der Waals surface area contributed by atoms with Crippen molar-refractivity contribution in [2.75, 3.05) is 13.1 Å². The number of aldehydes is 2. The van der Waals surface area contributed by atoms with E-state index in [1.54, 1.807) is 19.9 Å². The number of thiophene rings is 1. The summed E-state index contributed by atoms with van der Waals surface area (Å²) < 4.78 is 19.1. The molecule has 9 heteroatoms. The van der Waals surface area contributed by atoms with Gasteiger partial charge in [0.05, 0.1) is 23.7 Å². The molecule has 140 valence electrons. The molecule has 1 unspecified atom stereocenters. The second kappa shape index (κ2) is 9.19. The van der Waals surface area contributed by atoms with E-state index in [2.05, 4.69) is 10.2 Å². The van der Waals surface area contributed by atoms with Crippen LogP contribution in [-0.2, 0) is 25.1 Å². The van der Waals surface area contributed by atoms with Gasteiger partial charge in [-0.25, -0.2) is 10.2 Å². The van der Waals surface area contributed by atoms with Crippen molar-refractivity contribution in [1.82, 2.24) is 10.2 Å². The van der Waals surface area contributed by atoms with Crippen molar-refractivity contribution in [1.29, 1.82) is 0 Å². The van der Waals surface area contributed by atoms with Crippen molar-refractivity contribution in [3.63, 3.8) is 0 Å². The topological polar surface area (TPSA) is 102 Å². The fraction of sp³-hybridized carbons (Fsp3) is 0.353. The predicted octanol–water partition coefficient (Wildman–Crippen LogP) is 2.74. The summed E-state index contributed by atoms with van der Waals surface area (Å²) in [5.74, 6) is -0.517. The van der Waals surface area contributed by atoms with Crippen LogP contribution < -0.4 is 10.2 Å². The van der Waals surface area contributed by atoms with Crippen LogP contribution in [0.15, 0.2) is 24.3 Å². The second-order valence-electron chi connectivity index (χ2n) is 5.94. The van der Waals surface area contributed by atoms with Gasteiger partial charge in [-0.05, 0) is 43.0 Å². The molecule has 26 heavy (non-hydrogen) atoms. The average molecular weight is 396 g/mol. The molecule has 0 saturated heterocycles. The number of ether oxygens (including phenoxy) is 1. The minimum absolute atomic E-state index is 0.0977. The van der Waals surface area contributed by atoms with E-state index in [9.17, 15) is 18.9 Å². The molecule has 0 radical (unpaired) electrons. The van der Waals surface area contributed by atoms with Crippen LogP contribution in [0.25, 0.3) is 10.1 Å². The van der Waals surface area contributed by atoms with Gasteiger partial charge in [0.15, 0.2) is 6.29 Å². The SMILES string of the molecule is CC(C)OC(=O)CNP(=O)(Cc1ccc2sc(C=O)cc2c1)NCC=O. The van der Waals surface area contributed by atoms with Crippen molar-refractivity contribution in [2.24, 2.45) is 0 Å². The number of esters is 1.